The molecule has 8 nitrogen and oxygen atoms in total. The van der Waals surface area contributed by atoms with Crippen LogP contribution >= 0.6 is 12.2 Å². The summed E-state index contributed by atoms with van der Waals surface area (Å²) in [5.41, 5.74) is 6.46. The molecule has 25 heavy (non-hydrogen) atoms. The molecule has 1 saturated heterocycles. The molecule has 4 N–H and O–H groups in total. The Balaban J connectivity index is 1.83. The van der Waals surface area contributed by atoms with E-state index in [2.05, 4.69) is 15.3 Å². The molecule has 0 radical (unpaired) electrons. The van der Waals surface area contributed by atoms with Crippen molar-refractivity contribution in [3.63, 3.8) is 0 Å². The van der Waals surface area contributed by atoms with Crippen molar-refractivity contribution in [1.82, 2.24) is 9.97 Å². The van der Waals surface area contributed by atoms with E-state index in [0.29, 0.717) is 43.7 Å². The second kappa shape index (κ2) is 7.49. The quantitative estimate of drug-likeness (QED) is 0.692. The van der Waals surface area contributed by atoms with Crippen LogP contribution in [0.25, 0.3) is 0 Å². The van der Waals surface area contributed by atoms with E-state index in [1.165, 1.54) is 0 Å². The van der Waals surface area contributed by atoms with Crippen LogP contribution in [0.3, 0.4) is 0 Å². The molecule has 0 unspecified atom stereocenters. The van der Waals surface area contributed by atoms with Crippen molar-refractivity contribution in [2.24, 2.45) is 0 Å². The molecular formula is C16H19N5O3S. The van der Waals surface area contributed by atoms with Crippen molar-refractivity contribution in [2.75, 3.05) is 49.4 Å². The number of nitrogen functional groups attached to an aromatic ring is 1. The van der Waals surface area contributed by atoms with Crippen LogP contribution in [-0.2, 0) is 4.74 Å². The molecule has 0 atom stereocenters. The van der Waals surface area contributed by atoms with Crippen LogP contribution in [0.2, 0.25) is 0 Å². The third-order valence-corrected chi connectivity index (χ3v) is 4.11. The van der Waals surface area contributed by atoms with Gasteiger partial charge in [-0.2, -0.15) is 4.98 Å². The Morgan fingerprint density at radius 2 is 2.20 bits per heavy atom. The van der Waals surface area contributed by atoms with Crippen molar-refractivity contribution >= 4 is 34.7 Å². The number of methoxy groups -OCH3 is 1. The van der Waals surface area contributed by atoms with Crippen LogP contribution in [0.15, 0.2) is 29.1 Å². The van der Waals surface area contributed by atoms with Gasteiger partial charge < -0.3 is 25.4 Å². The number of morpholine rings is 1. The number of hydrogen-bond acceptors (Lipinski definition) is 7. The fraction of sp³-hybridized carbons (Fsp3) is 0.312. The fourth-order valence-electron chi connectivity index (χ4n) is 2.52. The maximum Gasteiger partial charge on any atom is 0.264 e. The summed E-state index contributed by atoms with van der Waals surface area (Å²) in [5, 5.41) is 2.99. The van der Waals surface area contributed by atoms with Gasteiger partial charge in [-0.3, -0.25) is 9.78 Å². The topological polar surface area (TPSA) is 106 Å². The summed E-state index contributed by atoms with van der Waals surface area (Å²) >= 11 is 5.33. The molecule has 1 aliphatic heterocycles. The number of ether oxygens (including phenoxy) is 2. The van der Waals surface area contributed by atoms with Gasteiger partial charge in [-0.15, -0.1) is 0 Å². The van der Waals surface area contributed by atoms with E-state index < -0.39 is 0 Å². The largest absolute Gasteiger partial charge is 0.497 e. The van der Waals surface area contributed by atoms with E-state index in [0.717, 1.165) is 0 Å². The molecule has 0 saturated carbocycles. The van der Waals surface area contributed by atoms with Crippen LogP contribution < -0.4 is 26.2 Å². The summed E-state index contributed by atoms with van der Waals surface area (Å²) in [6, 6.07) is 7.21. The number of aromatic amines is 1. The monoisotopic (exact) mass is 361 g/mol. The highest BCUT2D eigenvalue weighted by molar-refractivity contribution is 7.81. The Kier molecular flexibility index (Phi) is 5.15. The number of benzene rings is 1. The van der Waals surface area contributed by atoms with Crippen LogP contribution in [0, 0.1) is 0 Å². The molecule has 1 aromatic carbocycles. The van der Waals surface area contributed by atoms with Gasteiger partial charge in [-0.05, 0) is 12.1 Å². The molecule has 1 fully saturated rings. The van der Waals surface area contributed by atoms with Gasteiger partial charge in [0, 0.05) is 24.8 Å². The number of anilines is 3. The molecule has 0 amide bonds. The molecule has 0 bridgehead atoms. The first-order chi connectivity index (χ1) is 12.1. The highest BCUT2D eigenvalue weighted by atomic mass is 32.1. The van der Waals surface area contributed by atoms with E-state index in [4.69, 9.17) is 27.4 Å². The van der Waals surface area contributed by atoms with Gasteiger partial charge in [-0.25, -0.2) is 0 Å². The summed E-state index contributed by atoms with van der Waals surface area (Å²) in [6.45, 7) is 2.46. The van der Waals surface area contributed by atoms with Crippen molar-refractivity contribution in [3.05, 3.63) is 40.2 Å². The standard InChI is InChI=1S/C16H19N5O3S/c1-23-11-4-2-3-10(9-11)18-15(25)12-13(17)19-16(20-14(12)22)21-5-7-24-8-6-21/h2-4,9H,5-8H2,1H3,(H,18,25)(H3,17,19,20,22). The highest BCUT2D eigenvalue weighted by Crippen LogP contribution is 2.19. The molecule has 1 aromatic heterocycles. The lowest BCUT2D eigenvalue weighted by atomic mass is 10.2. The molecule has 0 aliphatic carbocycles. The third-order valence-electron chi connectivity index (χ3n) is 3.80. The number of rotatable bonds is 4. The molecule has 9 heteroatoms. The maximum atomic E-state index is 12.5. The summed E-state index contributed by atoms with van der Waals surface area (Å²) in [6.07, 6.45) is 0. The minimum Gasteiger partial charge on any atom is -0.497 e. The van der Waals surface area contributed by atoms with Crippen LogP contribution in [0.1, 0.15) is 5.56 Å². The number of hydrogen-bond donors (Lipinski definition) is 3. The SMILES string of the molecule is COc1cccc(NC(=S)c2c(N)nc(N3CCOCC3)[nH]c2=O)c1. The number of thiocarbonyl (C=S) groups is 1. The second-order valence-corrected chi connectivity index (χ2v) is 5.84. The lowest BCUT2D eigenvalue weighted by Gasteiger charge is -2.27. The molecule has 2 aromatic rings. The Morgan fingerprint density at radius 3 is 2.88 bits per heavy atom. The summed E-state index contributed by atoms with van der Waals surface area (Å²) < 4.78 is 10.5. The number of H-pyrrole nitrogens is 1. The predicted octanol–water partition coefficient (Wildman–Crippen LogP) is 0.985. The smallest absolute Gasteiger partial charge is 0.264 e. The molecule has 132 valence electrons. The van der Waals surface area contributed by atoms with E-state index >= 15 is 0 Å². The normalized spacial score (nSPS) is 14.2. The highest BCUT2D eigenvalue weighted by Gasteiger charge is 2.19. The number of nitrogens with two attached hydrogens (primary N) is 1. The van der Waals surface area contributed by atoms with E-state index in [-0.39, 0.29) is 21.9 Å². The first-order valence-electron chi connectivity index (χ1n) is 7.76. The molecule has 1 aliphatic rings. The molecule has 0 spiro atoms. The Hall–Kier alpha value is -2.65. The average molecular weight is 361 g/mol. The minimum atomic E-state index is -0.380. The minimum absolute atomic E-state index is 0.0886. The maximum absolute atomic E-state index is 12.5. The van der Waals surface area contributed by atoms with Gasteiger partial charge in [0.05, 0.1) is 20.3 Å². The van der Waals surface area contributed by atoms with Crippen LogP contribution in [0.4, 0.5) is 17.5 Å². The lowest BCUT2D eigenvalue weighted by Crippen LogP contribution is -2.39. The Labute approximate surface area is 150 Å². The van der Waals surface area contributed by atoms with Gasteiger partial charge >= 0.3 is 0 Å². The zero-order chi connectivity index (χ0) is 17.8. The van der Waals surface area contributed by atoms with Crippen LogP contribution in [-0.4, -0.2) is 48.4 Å². The Bertz CT molecular complexity index is 833. The average Bonchev–Trinajstić information content (AvgIpc) is 2.62. The first-order valence-corrected chi connectivity index (χ1v) is 8.17. The van der Waals surface area contributed by atoms with E-state index in [9.17, 15) is 4.79 Å². The third kappa shape index (κ3) is 3.89. The second-order valence-electron chi connectivity index (χ2n) is 5.44. The lowest BCUT2D eigenvalue weighted by molar-refractivity contribution is 0.122. The van der Waals surface area contributed by atoms with Gasteiger partial charge in [0.2, 0.25) is 5.95 Å². The van der Waals surface area contributed by atoms with Gasteiger partial charge in [0.15, 0.2) is 0 Å². The Morgan fingerprint density at radius 1 is 1.44 bits per heavy atom. The summed E-state index contributed by atoms with van der Waals surface area (Å²) in [5.74, 6) is 1.19. The molecular weight excluding hydrogens is 342 g/mol. The van der Waals surface area contributed by atoms with Crippen LogP contribution in [0.5, 0.6) is 5.75 Å². The van der Waals surface area contributed by atoms with Gasteiger partial charge in [-0.1, -0.05) is 18.3 Å². The van der Waals surface area contributed by atoms with E-state index in [1.54, 1.807) is 13.2 Å². The van der Waals surface area contributed by atoms with Crippen molar-refractivity contribution in [2.45, 2.75) is 0 Å². The zero-order valence-corrected chi connectivity index (χ0v) is 14.6. The fourth-order valence-corrected chi connectivity index (χ4v) is 2.83. The number of nitrogens with one attached hydrogen (secondary N) is 2. The molecule has 2 heterocycles. The molecule has 3 rings (SSSR count). The van der Waals surface area contributed by atoms with Crippen molar-refractivity contribution < 1.29 is 9.47 Å². The summed E-state index contributed by atoms with van der Waals surface area (Å²) in [4.78, 5) is 21.6. The number of aromatic nitrogens is 2. The van der Waals surface area contributed by atoms with Gasteiger partial charge in [0.25, 0.3) is 5.56 Å². The predicted molar refractivity (Wildman–Crippen MR) is 101 cm³/mol. The first kappa shape index (κ1) is 17.2. The number of nitrogens with zero attached hydrogens (tertiary/aromatic N) is 2. The van der Waals surface area contributed by atoms with Crippen molar-refractivity contribution in [1.29, 1.82) is 0 Å². The van der Waals surface area contributed by atoms with Crippen molar-refractivity contribution in [3.8, 4) is 5.75 Å². The van der Waals surface area contributed by atoms with E-state index in [1.807, 2.05) is 23.1 Å². The summed E-state index contributed by atoms with van der Waals surface area (Å²) in [7, 11) is 1.58. The zero-order valence-electron chi connectivity index (χ0n) is 13.7. The van der Waals surface area contributed by atoms with Gasteiger partial charge in [0.1, 0.15) is 22.1 Å².